The number of hydrogen-bond acceptors (Lipinski definition) is 4. The van der Waals surface area contributed by atoms with Gasteiger partial charge in [-0.15, -0.1) is 11.3 Å². The zero-order chi connectivity index (χ0) is 20.3. The second kappa shape index (κ2) is 8.49. The van der Waals surface area contributed by atoms with Crippen LogP contribution in [-0.4, -0.2) is 31.7 Å². The number of carbonyl (C=O) groups excluding carboxylic acids is 1. The molecule has 4 rings (SSSR count). The Bertz CT molecular complexity index is 1100. The predicted octanol–water partition coefficient (Wildman–Crippen LogP) is 4.13. The average Bonchev–Trinajstić information content (AvgIpc) is 3.46. The minimum atomic E-state index is -3.42. The van der Waals surface area contributed by atoms with Crippen LogP contribution in [0.2, 0.25) is 0 Å². The van der Waals surface area contributed by atoms with Gasteiger partial charge in [0.15, 0.2) is 0 Å². The summed E-state index contributed by atoms with van der Waals surface area (Å²) in [6.07, 6.45) is 1.83. The van der Waals surface area contributed by atoms with E-state index in [1.54, 1.807) is 22.5 Å². The molecule has 3 aromatic rings. The standard InChI is InChI=1S/C22H22N2O3S2/c25-22(23-16-17-7-2-1-3-8-17)19-10-6-9-18(15-19)20-11-12-21(28-20)29(26,27)24-13-4-5-14-24/h1-3,6-12,15H,4-5,13-14,16H2,(H,23,25). The van der Waals surface area contributed by atoms with Gasteiger partial charge in [-0.25, -0.2) is 8.42 Å². The van der Waals surface area contributed by atoms with Crippen molar-refractivity contribution in [3.63, 3.8) is 0 Å². The summed E-state index contributed by atoms with van der Waals surface area (Å²) in [4.78, 5) is 13.4. The Morgan fingerprint density at radius 3 is 2.48 bits per heavy atom. The van der Waals surface area contributed by atoms with Gasteiger partial charge in [-0.05, 0) is 48.2 Å². The quantitative estimate of drug-likeness (QED) is 0.644. The van der Waals surface area contributed by atoms with Gasteiger partial charge in [-0.3, -0.25) is 4.79 Å². The maximum atomic E-state index is 12.7. The lowest BCUT2D eigenvalue weighted by molar-refractivity contribution is 0.0951. The zero-order valence-corrected chi connectivity index (χ0v) is 17.5. The van der Waals surface area contributed by atoms with Crippen LogP contribution in [-0.2, 0) is 16.6 Å². The number of rotatable bonds is 6. The Kier molecular flexibility index (Phi) is 5.80. The fourth-order valence-electron chi connectivity index (χ4n) is 3.36. The first-order chi connectivity index (χ1) is 14.0. The van der Waals surface area contributed by atoms with Gasteiger partial charge < -0.3 is 5.32 Å². The van der Waals surface area contributed by atoms with Crippen molar-refractivity contribution in [2.24, 2.45) is 0 Å². The van der Waals surface area contributed by atoms with Gasteiger partial charge in [0.05, 0.1) is 0 Å². The Morgan fingerprint density at radius 2 is 1.72 bits per heavy atom. The summed E-state index contributed by atoms with van der Waals surface area (Å²) < 4.78 is 27.4. The van der Waals surface area contributed by atoms with Gasteiger partial charge in [0.1, 0.15) is 4.21 Å². The number of nitrogens with one attached hydrogen (secondary N) is 1. The molecule has 0 atom stereocenters. The van der Waals surface area contributed by atoms with E-state index in [1.165, 1.54) is 11.3 Å². The van der Waals surface area contributed by atoms with Crippen LogP contribution >= 0.6 is 11.3 Å². The molecule has 2 heterocycles. The fraction of sp³-hybridized carbons (Fsp3) is 0.227. The smallest absolute Gasteiger partial charge is 0.252 e. The Balaban J connectivity index is 1.50. The third-order valence-electron chi connectivity index (χ3n) is 4.95. The molecule has 0 saturated carbocycles. The number of nitrogens with zero attached hydrogens (tertiary/aromatic N) is 1. The maximum Gasteiger partial charge on any atom is 0.252 e. The number of carbonyl (C=O) groups is 1. The first-order valence-corrected chi connectivity index (χ1v) is 11.8. The third kappa shape index (κ3) is 4.42. The molecule has 0 unspecified atom stereocenters. The fourth-order valence-corrected chi connectivity index (χ4v) is 6.34. The van der Waals surface area contributed by atoms with Crippen LogP contribution in [0, 0.1) is 0 Å². The molecule has 5 nitrogen and oxygen atoms in total. The second-order valence-electron chi connectivity index (χ2n) is 6.98. The molecule has 1 fully saturated rings. The van der Waals surface area contributed by atoms with E-state index >= 15 is 0 Å². The minimum Gasteiger partial charge on any atom is -0.348 e. The lowest BCUT2D eigenvalue weighted by Crippen LogP contribution is -2.27. The van der Waals surface area contributed by atoms with Crippen LogP contribution < -0.4 is 5.32 Å². The molecular formula is C22H22N2O3S2. The SMILES string of the molecule is O=C(NCc1ccccc1)c1cccc(-c2ccc(S(=O)(=O)N3CCCC3)s2)c1. The van der Waals surface area contributed by atoms with E-state index in [0.717, 1.165) is 28.8 Å². The number of benzene rings is 2. The monoisotopic (exact) mass is 426 g/mol. The van der Waals surface area contributed by atoms with E-state index in [2.05, 4.69) is 5.32 Å². The number of amides is 1. The molecule has 1 aromatic heterocycles. The Morgan fingerprint density at radius 1 is 0.966 bits per heavy atom. The van der Waals surface area contributed by atoms with Crippen molar-refractivity contribution < 1.29 is 13.2 Å². The molecule has 2 aromatic carbocycles. The molecule has 29 heavy (non-hydrogen) atoms. The molecule has 1 aliphatic rings. The third-order valence-corrected chi connectivity index (χ3v) is 8.45. The van der Waals surface area contributed by atoms with Crippen molar-refractivity contribution in [1.82, 2.24) is 9.62 Å². The zero-order valence-electron chi connectivity index (χ0n) is 15.9. The van der Waals surface area contributed by atoms with Crippen molar-refractivity contribution in [3.05, 3.63) is 77.9 Å². The van der Waals surface area contributed by atoms with Crippen LogP contribution in [0.5, 0.6) is 0 Å². The first-order valence-electron chi connectivity index (χ1n) is 9.56. The summed E-state index contributed by atoms with van der Waals surface area (Å²) in [6.45, 7) is 1.64. The number of hydrogen-bond donors (Lipinski definition) is 1. The highest BCUT2D eigenvalue weighted by Crippen LogP contribution is 2.33. The highest BCUT2D eigenvalue weighted by Gasteiger charge is 2.28. The van der Waals surface area contributed by atoms with Crippen LogP contribution in [0.15, 0.2) is 70.9 Å². The van der Waals surface area contributed by atoms with Gasteiger partial charge in [0.2, 0.25) is 0 Å². The molecule has 1 aliphatic heterocycles. The topological polar surface area (TPSA) is 66.5 Å². The van der Waals surface area contributed by atoms with E-state index in [1.807, 2.05) is 48.5 Å². The number of thiophene rings is 1. The second-order valence-corrected chi connectivity index (χ2v) is 10.2. The van der Waals surface area contributed by atoms with Crippen molar-refractivity contribution >= 4 is 27.3 Å². The van der Waals surface area contributed by atoms with Crippen LogP contribution in [0.4, 0.5) is 0 Å². The summed E-state index contributed by atoms with van der Waals surface area (Å²) in [7, 11) is -3.42. The van der Waals surface area contributed by atoms with E-state index < -0.39 is 10.0 Å². The minimum absolute atomic E-state index is 0.155. The van der Waals surface area contributed by atoms with Gasteiger partial charge >= 0.3 is 0 Å². The predicted molar refractivity (Wildman–Crippen MR) is 115 cm³/mol. The molecule has 0 aliphatic carbocycles. The van der Waals surface area contributed by atoms with Gasteiger partial charge in [-0.1, -0.05) is 42.5 Å². The maximum absolute atomic E-state index is 12.7. The van der Waals surface area contributed by atoms with Crippen molar-refractivity contribution in [2.45, 2.75) is 23.6 Å². The first kappa shape index (κ1) is 19.8. The largest absolute Gasteiger partial charge is 0.348 e. The summed E-state index contributed by atoms with van der Waals surface area (Å²) >= 11 is 1.25. The van der Waals surface area contributed by atoms with Gasteiger partial charge in [0, 0.05) is 30.1 Å². The molecule has 150 valence electrons. The number of sulfonamides is 1. The van der Waals surface area contributed by atoms with E-state index in [0.29, 0.717) is 29.4 Å². The van der Waals surface area contributed by atoms with Gasteiger partial charge in [0.25, 0.3) is 15.9 Å². The van der Waals surface area contributed by atoms with E-state index in [4.69, 9.17) is 0 Å². The Hall–Kier alpha value is -2.48. The summed E-state index contributed by atoms with van der Waals surface area (Å²) in [5, 5.41) is 2.92. The van der Waals surface area contributed by atoms with Gasteiger partial charge in [-0.2, -0.15) is 4.31 Å². The lowest BCUT2D eigenvalue weighted by Gasteiger charge is -2.13. The molecule has 0 radical (unpaired) electrons. The normalized spacial score (nSPS) is 14.8. The summed E-state index contributed by atoms with van der Waals surface area (Å²) in [6, 6.07) is 20.5. The molecular weight excluding hydrogens is 404 g/mol. The molecule has 1 amide bonds. The highest BCUT2D eigenvalue weighted by atomic mass is 32.2. The summed E-state index contributed by atoms with van der Waals surface area (Å²) in [5.41, 5.74) is 2.42. The van der Waals surface area contributed by atoms with E-state index in [9.17, 15) is 13.2 Å². The van der Waals surface area contributed by atoms with Crippen molar-refractivity contribution in [2.75, 3.05) is 13.1 Å². The van der Waals surface area contributed by atoms with Crippen LogP contribution in [0.25, 0.3) is 10.4 Å². The Labute approximate surface area is 175 Å². The highest BCUT2D eigenvalue weighted by molar-refractivity contribution is 7.91. The molecule has 7 heteroatoms. The van der Waals surface area contributed by atoms with Crippen molar-refractivity contribution in [1.29, 1.82) is 0 Å². The average molecular weight is 427 g/mol. The molecule has 0 spiro atoms. The summed E-state index contributed by atoms with van der Waals surface area (Å²) in [5.74, 6) is -0.155. The van der Waals surface area contributed by atoms with E-state index in [-0.39, 0.29) is 5.91 Å². The molecule has 1 N–H and O–H groups in total. The molecule has 1 saturated heterocycles. The van der Waals surface area contributed by atoms with Crippen LogP contribution in [0.3, 0.4) is 0 Å². The van der Waals surface area contributed by atoms with Crippen LogP contribution in [0.1, 0.15) is 28.8 Å². The lowest BCUT2D eigenvalue weighted by atomic mass is 10.1. The molecule has 0 bridgehead atoms. The van der Waals surface area contributed by atoms with Crippen molar-refractivity contribution in [3.8, 4) is 10.4 Å².